The quantitative estimate of drug-likeness (QED) is 0.624. The van der Waals surface area contributed by atoms with Crippen LogP contribution >= 0.6 is 0 Å². The van der Waals surface area contributed by atoms with Gasteiger partial charge in [0.2, 0.25) is 0 Å². The van der Waals surface area contributed by atoms with Crippen molar-refractivity contribution in [2.75, 3.05) is 26.2 Å². The van der Waals surface area contributed by atoms with E-state index in [0.717, 1.165) is 12.4 Å². The third kappa shape index (κ3) is 5.64. The van der Waals surface area contributed by atoms with E-state index in [1.165, 1.54) is 81.3 Å². The van der Waals surface area contributed by atoms with Gasteiger partial charge in [-0.3, -0.25) is 0 Å². The van der Waals surface area contributed by atoms with Gasteiger partial charge in [0, 0.05) is 0 Å². The Balaban J connectivity index is 1.56. The number of piperidine rings is 1. The highest BCUT2D eigenvalue weighted by molar-refractivity contribution is 5.41. The zero-order valence-corrected chi connectivity index (χ0v) is 14.8. The van der Waals surface area contributed by atoms with Crippen LogP contribution < -0.4 is 4.74 Å². The van der Waals surface area contributed by atoms with E-state index in [9.17, 15) is 0 Å². The molecule has 1 heterocycles. The lowest BCUT2D eigenvalue weighted by molar-refractivity contribution is 0.223. The van der Waals surface area contributed by atoms with Gasteiger partial charge in [0.25, 0.3) is 0 Å². The Morgan fingerprint density at radius 3 is 2.41 bits per heavy atom. The summed E-state index contributed by atoms with van der Waals surface area (Å²) in [6, 6.07) is 4.39. The molecule has 22 heavy (non-hydrogen) atoms. The average Bonchev–Trinajstić information content (AvgIpc) is 2.52. The van der Waals surface area contributed by atoms with Gasteiger partial charge in [0.05, 0.1) is 6.61 Å². The molecule has 2 rings (SSSR count). The molecule has 0 aromatic heterocycles. The van der Waals surface area contributed by atoms with Crippen LogP contribution in [0.5, 0.6) is 5.75 Å². The molecule has 0 amide bonds. The van der Waals surface area contributed by atoms with E-state index < -0.39 is 0 Å². The normalized spacial score (nSPS) is 16.0. The van der Waals surface area contributed by atoms with Gasteiger partial charge >= 0.3 is 0 Å². The van der Waals surface area contributed by atoms with Crippen molar-refractivity contribution in [1.29, 1.82) is 0 Å². The summed E-state index contributed by atoms with van der Waals surface area (Å²) in [5, 5.41) is 0. The van der Waals surface area contributed by atoms with Gasteiger partial charge in [-0.05, 0) is 88.8 Å². The van der Waals surface area contributed by atoms with Crippen molar-refractivity contribution < 1.29 is 4.74 Å². The van der Waals surface area contributed by atoms with Crippen LogP contribution in [0.4, 0.5) is 0 Å². The van der Waals surface area contributed by atoms with Crippen LogP contribution in [0.2, 0.25) is 0 Å². The van der Waals surface area contributed by atoms with Crippen LogP contribution in [-0.2, 0) is 0 Å². The summed E-state index contributed by atoms with van der Waals surface area (Å²) in [6.45, 7) is 11.3. The zero-order valence-electron chi connectivity index (χ0n) is 14.8. The molecule has 2 heteroatoms. The summed E-state index contributed by atoms with van der Waals surface area (Å²) >= 11 is 0. The van der Waals surface area contributed by atoms with Gasteiger partial charge < -0.3 is 9.64 Å². The standard InChI is InChI=1S/C20H33NO/c1-17-15-18(2)19(3)20(16-17)22-14-10-5-4-7-11-21-12-8-6-9-13-21/h15-16H,4-14H2,1-3H3. The summed E-state index contributed by atoms with van der Waals surface area (Å²) in [4.78, 5) is 2.64. The average molecular weight is 303 g/mol. The maximum absolute atomic E-state index is 5.98. The lowest BCUT2D eigenvalue weighted by atomic mass is 10.1. The smallest absolute Gasteiger partial charge is 0.122 e. The molecule has 1 aliphatic heterocycles. The van der Waals surface area contributed by atoms with Crippen LogP contribution in [0.3, 0.4) is 0 Å². The largest absolute Gasteiger partial charge is 0.493 e. The molecular weight excluding hydrogens is 270 g/mol. The molecule has 1 aliphatic rings. The lowest BCUT2D eigenvalue weighted by Gasteiger charge is -2.26. The molecule has 0 unspecified atom stereocenters. The van der Waals surface area contributed by atoms with Crippen molar-refractivity contribution in [3.63, 3.8) is 0 Å². The first kappa shape index (κ1) is 17.3. The molecular formula is C20H33NO. The number of unbranched alkanes of at least 4 members (excludes halogenated alkanes) is 3. The summed E-state index contributed by atoms with van der Waals surface area (Å²) in [5.41, 5.74) is 3.91. The van der Waals surface area contributed by atoms with E-state index in [-0.39, 0.29) is 0 Å². The van der Waals surface area contributed by atoms with Crippen molar-refractivity contribution in [1.82, 2.24) is 4.90 Å². The minimum absolute atomic E-state index is 0.855. The summed E-state index contributed by atoms with van der Waals surface area (Å²) in [5.74, 6) is 1.07. The maximum Gasteiger partial charge on any atom is 0.122 e. The first-order valence-corrected chi connectivity index (χ1v) is 9.10. The fourth-order valence-corrected chi connectivity index (χ4v) is 3.31. The first-order valence-electron chi connectivity index (χ1n) is 9.10. The second kappa shape index (κ2) is 9.19. The topological polar surface area (TPSA) is 12.5 Å². The minimum Gasteiger partial charge on any atom is -0.493 e. The maximum atomic E-state index is 5.98. The van der Waals surface area contributed by atoms with Crippen LogP contribution in [-0.4, -0.2) is 31.1 Å². The van der Waals surface area contributed by atoms with Crippen LogP contribution in [0.15, 0.2) is 12.1 Å². The van der Waals surface area contributed by atoms with Gasteiger partial charge in [0.15, 0.2) is 0 Å². The molecule has 0 spiro atoms. The third-order valence-corrected chi connectivity index (χ3v) is 4.84. The number of ether oxygens (including phenoxy) is 1. The first-order chi connectivity index (χ1) is 10.7. The number of hydrogen-bond donors (Lipinski definition) is 0. The number of aryl methyl sites for hydroxylation is 2. The van der Waals surface area contributed by atoms with Crippen molar-refractivity contribution in [3.05, 3.63) is 28.8 Å². The zero-order chi connectivity index (χ0) is 15.8. The predicted octanol–water partition coefficient (Wildman–Crippen LogP) is 5.04. The highest BCUT2D eigenvalue weighted by atomic mass is 16.5. The van der Waals surface area contributed by atoms with Gasteiger partial charge in [-0.2, -0.15) is 0 Å². The van der Waals surface area contributed by atoms with Gasteiger partial charge in [-0.15, -0.1) is 0 Å². The van der Waals surface area contributed by atoms with Crippen LogP contribution in [0.1, 0.15) is 61.6 Å². The highest BCUT2D eigenvalue weighted by Gasteiger charge is 2.08. The number of rotatable bonds is 8. The number of nitrogens with zero attached hydrogens (tertiary/aromatic N) is 1. The van der Waals surface area contributed by atoms with Crippen molar-refractivity contribution in [3.8, 4) is 5.75 Å². The van der Waals surface area contributed by atoms with Crippen LogP contribution in [0.25, 0.3) is 0 Å². The summed E-state index contributed by atoms with van der Waals surface area (Å²) in [7, 11) is 0. The van der Waals surface area contributed by atoms with Crippen molar-refractivity contribution in [2.24, 2.45) is 0 Å². The van der Waals surface area contributed by atoms with E-state index in [0.29, 0.717) is 0 Å². The molecule has 1 fully saturated rings. The molecule has 0 atom stereocenters. The highest BCUT2D eigenvalue weighted by Crippen LogP contribution is 2.23. The fourth-order valence-electron chi connectivity index (χ4n) is 3.31. The Morgan fingerprint density at radius 2 is 1.64 bits per heavy atom. The van der Waals surface area contributed by atoms with E-state index >= 15 is 0 Å². The fraction of sp³-hybridized carbons (Fsp3) is 0.700. The van der Waals surface area contributed by atoms with Crippen LogP contribution in [0, 0.1) is 20.8 Å². The number of benzene rings is 1. The van der Waals surface area contributed by atoms with Crippen molar-refractivity contribution in [2.45, 2.75) is 65.7 Å². The molecule has 0 N–H and O–H groups in total. The molecule has 0 bridgehead atoms. The second-order valence-corrected chi connectivity index (χ2v) is 6.87. The Morgan fingerprint density at radius 1 is 0.909 bits per heavy atom. The van der Waals surface area contributed by atoms with Crippen molar-refractivity contribution >= 4 is 0 Å². The van der Waals surface area contributed by atoms with Gasteiger partial charge in [0.1, 0.15) is 5.75 Å². The molecule has 0 aliphatic carbocycles. The van der Waals surface area contributed by atoms with E-state index in [2.05, 4.69) is 37.8 Å². The Labute approximate surface area is 136 Å². The predicted molar refractivity (Wildman–Crippen MR) is 94.9 cm³/mol. The van der Waals surface area contributed by atoms with E-state index in [1.807, 2.05) is 0 Å². The summed E-state index contributed by atoms with van der Waals surface area (Å²) in [6.07, 6.45) is 9.40. The number of likely N-dealkylation sites (tertiary alicyclic amines) is 1. The third-order valence-electron chi connectivity index (χ3n) is 4.84. The molecule has 1 aromatic rings. The van der Waals surface area contributed by atoms with E-state index in [4.69, 9.17) is 4.74 Å². The molecule has 124 valence electrons. The molecule has 1 aromatic carbocycles. The monoisotopic (exact) mass is 303 g/mol. The molecule has 0 saturated carbocycles. The summed E-state index contributed by atoms with van der Waals surface area (Å²) < 4.78 is 5.98. The van der Waals surface area contributed by atoms with E-state index in [1.54, 1.807) is 0 Å². The molecule has 1 saturated heterocycles. The SMILES string of the molecule is Cc1cc(C)c(C)c(OCCCCCCN2CCCCC2)c1. The Bertz CT molecular complexity index is 449. The van der Waals surface area contributed by atoms with Gasteiger partial charge in [-0.1, -0.05) is 25.3 Å². The number of hydrogen-bond acceptors (Lipinski definition) is 2. The second-order valence-electron chi connectivity index (χ2n) is 6.87. The Hall–Kier alpha value is -1.02. The molecule has 2 nitrogen and oxygen atoms in total. The minimum atomic E-state index is 0.855. The molecule has 0 radical (unpaired) electrons. The Kier molecular flexibility index (Phi) is 7.24. The van der Waals surface area contributed by atoms with Gasteiger partial charge in [-0.25, -0.2) is 0 Å². The lowest BCUT2D eigenvalue weighted by Crippen LogP contribution is -2.30.